The second-order valence-electron chi connectivity index (χ2n) is 6.07. The summed E-state index contributed by atoms with van der Waals surface area (Å²) in [7, 11) is 0. The minimum absolute atomic E-state index is 0.0119. The van der Waals surface area contributed by atoms with Crippen molar-refractivity contribution in [3.63, 3.8) is 0 Å². The molecule has 1 atom stereocenters. The second kappa shape index (κ2) is 7.21. The lowest BCUT2D eigenvalue weighted by atomic mass is 9.82. The highest BCUT2D eigenvalue weighted by molar-refractivity contribution is 5.82. The van der Waals surface area contributed by atoms with Crippen LogP contribution in [0.2, 0.25) is 0 Å². The van der Waals surface area contributed by atoms with Gasteiger partial charge in [0.25, 0.3) is 0 Å². The van der Waals surface area contributed by atoms with Crippen LogP contribution in [0.4, 0.5) is 13.2 Å². The van der Waals surface area contributed by atoms with Crippen molar-refractivity contribution in [2.24, 2.45) is 5.41 Å². The van der Waals surface area contributed by atoms with E-state index in [9.17, 15) is 18.0 Å². The molecular weight excluding hydrogens is 309 g/mol. The number of carbonyl (C=O) groups excluding carboxylic acids is 1. The minimum atomic E-state index is -4.35. The summed E-state index contributed by atoms with van der Waals surface area (Å²) in [5, 5.41) is 6.10. The fraction of sp³-hybridized carbons (Fsp3) is 0.562. The van der Waals surface area contributed by atoms with Crippen LogP contribution in [-0.4, -0.2) is 31.8 Å². The van der Waals surface area contributed by atoms with Crippen molar-refractivity contribution in [2.45, 2.75) is 32.5 Å². The van der Waals surface area contributed by atoms with Gasteiger partial charge in [0.05, 0.1) is 5.41 Å². The molecule has 4 nitrogen and oxygen atoms in total. The summed E-state index contributed by atoms with van der Waals surface area (Å²) < 4.78 is 40.8. The molecule has 1 saturated heterocycles. The average Bonchev–Trinajstić information content (AvgIpc) is 2.51. The monoisotopic (exact) mass is 330 g/mol. The van der Waals surface area contributed by atoms with Gasteiger partial charge in [-0.15, -0.1) is 0 Å². The molecule has 1 aliphatic rings. The molecular formula is C16H21F3N2O2. The maximum absolute atomic E-state index is 12.3. The lowest BCUT2D eigenvalue weighted by molar-refractivity contribution is -0.153. The predicted octanol–water partition coefficient (Wildman–Crippen LogP) is 2.63. The lowest BCUT2D eigenvalue weighted by Crippen LogP contribution is -2.48. The largest absolute Gasteiger partial charge is 0.484 e. The van der Waals surface area contributed by atoms with Crippen LogP contribution in [0, 0.1) is 5.41 Å². The SMILES string of the molecule is CC1(C(=O)NCc2ccc(OCC(F)(F)F)cc2)CCCNC1. The van der Waals surface area contributed by atoms with Crippen molar-refractivity contribution in [2.75, 3.05) is 19.7 Å². The second-order valence-corrected chi connectivity index (χ2v) is 6.07. The third-order valence-corrected chi connectivity index (χ3v) is 3.92. The van der Waals surface area contributed by atoms with Crippen LogP contribution in [0.5, 0.6) is 5.75 Å². The fourth-order valence-electron chi connectivity index (χ4n) is 2.51. The number of piperidine rings is 1. The van der Waals surface area contributed by atoms with Gasteiger partial charge in [0.1, 0.15) is 5.75 Å². The summed E-state index contributed by atoms with van der Waals surface area (Å²) >= 11 is 0. The molecule has 0 aliphatic carbocycles. The minimum Gasteiger partial charge on any atom is -0.484 e. The van der Waals surface area contributed by atoms with E-state index in [4.69, 9.17) is 0 Å². The Morgan fingerprint density at radius 2 is 2.04 bits per heavy atom. The van der Waals surface area contributed by atoms with Gasteiger partial charge in [0.2, 0.25) is 5.91 Å². The number of hydrogen-bond donors (Lipinski definition) is 2. The molecule has 1 unspecified atom stereocenters. The predicted molar refractivity (Wildman–Crippen MR) is 80.0 cm³/mol. The maximum Gasteiger partial charge on any atom is 0.422 e. The van der Waals surface area contributed by atoms with Crippen LogP contribution in [0.1, 0.15) is 25.3 Å². The zero-order valence-corrected chi connectivity index (χ0v) is 13.0. The van der Waals surface area contributed by atoms with Crippen molar-refractivity contribution in [1.82, 2.24) is 10.6 Å². The maximum atomic E-state index is 12.3. The third kappa shape index (κ3) is 5.42. The van der Waals surface area contributed by atoms with Gasteiger partial charge in [-0.2, -0.15) is 13.2 Å². The number of carbonyl (C=O) groups is 1. The number of alkyl halides is 3. The Balaban J connectivity index is 1.83. The molecule has 1 fully saturated rings. The van der Waals surface area contributed by atoms with Crippen molar-refractivity contribution < 1.29 is 22.7 Å². The summed E-state index contributed by atoms with van der Waals surface area (Å²) in [6, 6.07) is 6.23. The number of ether oxygens (including phenoxy) is 1. The van der Waals surface area contributed by atoms with Gasteiger partial charge in [0.15, 0.2) is 6.61 Å². The summed E-state index contributed by atoms with van der Waals surface area (Å²) in [6.07, 6.45) is -2.54. The topological polar surface area (TPSA) is 50.4 Å². The van der Waals surface area contributed by atoms with Gasteiger partial charge in [-0.3, -0.25) is 4.79 Å². The number of benzene rings is 1. The highest BCUT2D eigenvalue weighted by atomic mass is 19.4. The van der Waals surface area contributed by atoms with E-state index in [0.717, 1.165) is 24.9 Å². The van der Waals surface area contributed by atoms with Crippen molar-refractivity contribution >= 4 is 5.91 Å². The van der Waals surface area contributed by atoms with Crippen molar-refractivity contribution in [1.29, 1.82) is 0 Å². The molecule has 0 saturated carbocycles. The summed E-state index contributed by atoms with van der Waals surface area (Å²) in [4.78, 5) is 12.3. The molecule has 23 heavy (non-hydrogen) atoms. The molecule has 1 aromatic rings. The number of halogens is 3. The lowest BCUT2D eigenvalue weighted by Gasteiger charge is -2.32. The van der Waals surface area contributed by atoms with Crippen LogP contribution in [0.25, 0.3) is 0 Å². The molecule has 1 heterocycles. The Labute approximate surface area is 133 Å². The molecule has 7 heteroatoms. The molecule has 2 rings (SSSR count). The summed E-state index contributed by atoms with van der Waals surface area (Å²) in [5.41, 5.74) is 0.402. The molecule has 0 spiro atoms. The molecule has 0 bridgehead atoms. The molecule has 0 aromatic heterocycles. The average molecular weight is 330 g/mol. The number of amides is 1. The van der Waals surface area contributed by atoms with E-state index in [-0.39, 0.29) is 11.7 Å². The first-order valence-corrected chi connectivity index (χ1v) is 7.56. The Morgan fingerprint density at radius 1 is 1.35 bits per heavy atom. The standard InChI is InChI=1S/C16H21F3N2O2/c1-15(7-2-8-20-10-15)14(22)21-9-12-3-5-13(6-4-12)23-11-16(17,18)19/h3-6,20H,2,7-11H2,1H3,(H,21,22). The van der Waals surface area contributed by atoms with Crippen LogP contribution < -0.4 is 15.4 Å². The van der Waals surface area contributed by atoms with Crippen LogP contribution >= 0.6 is 0 Å². The molecule has 128 valence electrons. The first-order chi connectivity index (χ1) is 10.8. The van der Waals surface area contributed by atoms with Gasteiger partial charge >= 0.3 is 6.18 Å². The quantitative estimate of drug-likeness (QED) is 0.873. The van der Waals surface area contributed by atoms with Crippen LogP contribution in [0.15, 0.2) is 24.3 Å². The van der Waals surface area contributed by atoms with Crippen molar-refractivity contribution in [3.8, 4) is 5.75 Å². The molecule has 1 amide bonds. The molecule has 1 aliphatic heterocycles. The summed E-state index contributed by atoms with van der Waals surface area (Å²) in [6.45, 7) is 2.55. The van der Waals surface area contributed by atoms with E-state index in [1.54, 1.807) is 12.1 Å². The first-order valence-electron chi connectivity index (χ1n) is 7.56. The van der Waals surface area contributed by atoms with E-state index in [1.807, 2.05) is 6.92 Å². The Kier molecular flexibility index (Phi) is 5.51. The Hall–Kier alpha value is -1.76. The Morgan fingerprint density at radius 3 is 2.61 bits per heavy atom. The van der Waals surface area contributed by atoms with Gasteiger partial charge in [0, 0.05) is 13.1 Å². The zero-order chi connectivity index (χ0) is 16.9. The molecule has 1 aromatic carbocycles. The summed E-state index contributed by atoms with van der Waals surface area (Å²) in [5.74, 6) is 0.142. The van der Waals surface area contributed by atoms with Crippen LogP contribution in [0.3, 0.4) is 0 Å². The van der Waals surface area contributed by atoms with E-state index >= 15 is 0 Å². The van der Waals surface area contributed by atoms with E-state index < -0.39 is 18.2 Å². The van der Waals surface area contributed by atoms with Crippen molar-refractivity contribution in [3.05, 3.63) is 29.8 Å². The number of rotatable bonds is 5. The fourth-order valence-corrected chi connectivity index (χ4v) is 2.51. The normalized spacial score (nSPS) is 21.7. The van der Waals surface area contributed by atoms with Crippen LogP contribution in [-0.2, 0) is 11.3 Å². The van der Waals surface area contributed by atoms with E-state index in [0.29, 0.717) is 13.1 Å². The number of nitrogens with one attached hydrogen (secondary N) is 2. The van der Waals surface area contributed by atoms with E-state index in [1.165, 1.54) is 12.1 Å². The first kappa shape index (κ1) is 17.6. The van der Waals surface area contributed by atoms with Gasteiger partial charge < -0.3 is 15.4 Å². The number of hydrogen-bond acceptors (Lipinski definition) is 3. The molecule has 0 radical (unpaired) electrons. The smallest absolute Gasteiger partial charge is 0.422 e. The highest BCUT2D eigenvalue weighted by Crippen LogP contribution is 2.25. The molecule has 2 N–H and O–H groups in total. The van der Waals surface area contributed by atoms with Gasteiger partial charge in [-0.05, 0) is 44.0 Å². The third-order valence-electron chi connectivity index (χ3n) is 3.92. The van der Waals surface area contributed by atoms with Gasteiger partial charge in [-0.25, -0.2) is 0 Å². The zero-order valence-electron chi connectivity index (χ0n) is 13.0. The van der Waals surface area contributed by atoms with Gasteiger partial charge in [-0.1, -0.05) is 12.1 Å². The highest BCUT2D eigenvalue weighted by Gasteiger charge is 2.34. The van der Waals surface area contributed by atoms with E-state index in [2.05, 4.69) is 15.4 Å². The Bertz CT molecular complexity index is 523.